The first-order valence-corrected chi connectivity index (χ1v) is 8.21. The Morgan fingerprint density at radius 2 is 1.52 bits per heavy atom. The summed E-state index contributed by atoms with van der Waals surface area (Å²) < 4.78 is 2.11. The van der Waals surface area contributed by atoms with Crippen LogP contribution in [0.1, 0.15) is 12.5 Å². The van der Waals surface area contributed by atoms with Gasteiger partial charge in [0.2, 0.25) is 0 Å². The highest BCUT2D eigenvalue weighted by Gasteiger charge is 2.40. The van der Waals surface area contributed by atoms with Crippen LogP contribution in [-0.2, 0) is 5.54 Å². The van der Waals surface area contributed by atoms with E-state index in [0.29, 0.717) is 12.5 Å². The highest BCUT2D eigenvalue weighted by Crippen LogP contribution is 2.37. The van der Waals surface area contributed by atoms with Crippen molar-refractivity contribution >= 4 is 43.5 Å². The van der Waals surface area contributed by atoms with Crippen molar-refractivity contribution in [3.63, 3.8) is 0 Å². The maximum Gasteiger partial charge on any atom is 0.196 e. The second kappa shape index (κ2) is 5.46. The zero-order valence-corrected chi connectivity index (χ0v) is 14.7. The molecule has 0 radical (unpaired) electrons. The van der Waals surface area contributed by atoms with Gasteiger partial charge in [0.25, 0.3) is 0 Å². The van der Waals surface area contributed by atoms with Crippen molar-refractivity contribution in [2.45, 2.75) is 12.5 Å². The number of guanidine groups is 1. The van der Waals surface area contributed by atoms with E-state index in [1.807, 2.05) is 12.1 Å². The molecule has 1 heterocycles. The van der Waals surface area contributed by atoms with Gasteiger partial charge < -0.3 is 10.6 Å². The first-order valence-electron chi connectivity index (χ1n) is 6.62. The molecule has 21 heavy (non-hydrogen) atoms. The molecule has 0 bridgehead atoms. The Hall–Kier alpha value is -1.33. The quantitative estimate of drug-likeness (QED) is 0.806. The fourth-order valence-corrected chi connectivity index (χ4v) is 3.19. The lowest BCUT2D eigenvalue weighted by Crippen LogP contribution is -2.47. The topological polar surface area (TPSA) is 41.6 Å². The molecule has 108 valence electrons. The molecule has 1 aliphatic heterocycles. The number of nitrogens with two attached hydrogens (primary N) is 1. The highest BCUT2D eigenvalue weighted by atomic mass is 79.9. The van der Waals surface area contributed by atoms with Gasteiger partial charge in [-0.1, -0.05) is 44.0 Å². The standard InChI is InChI=1S/C16H15Br2N3/c1-16(11-2-4-12(17)5-3-11)10-20-15(19)21(16)14-8-6-13(18)7-9-14/h2-9H,10H2,1H3,(H2,19,20). The zero-order chi connectivity index (χ0) is 15.0. The molecule has 3 rings (SSSR count). The van der Waals surface area contributed by atoms with Gasteiger partial charge in [-0.3, -0.25) is 4.99 Å². The Kier molecular flexibility index (Phi) is 3.80. The highest BCUT2D eigenvalue weighted by molar-refractivity contribution is 9.10. The predicted molar refractivity (Wildman–Crippen MR) is 94.6 cm³/mol. The average Bonchev–Trinajstić information content (AvgIpc) is 2.78. The summed E-state index contributed by atoms with van der Waals surface area (Å²) in [6, 6.07) is 16.5. The lowest BCUT2D eigenvalue weighted by Gasteiger charge is -2.36. The van der Waals surface area contributed by atoms with Crippen molar-refractivity contribution in [2.24, 2.45) is 10.7 Å². The van der Waals surface area contributed by atoms with Crippen molar-refractivity contribution in [1.29, 1.82) is 0 Å². The minimum absolute atomic E-state index is 0.265. The first kappa shape index (κ1) is 14.6. The maximum atomic E-state index is 6.15. The van der Waals surface area contributed by atoms with E-state index < -0.39 is 0 Å². The van der Waals surface area contributed by atoms with Crippen LogP contribution in [0, 0.1) is 0 Å². The molecule has 5 heteroatoms. The van der Waals surface area contributed by atoms with E-state index in [-0.39, 0.29) is 5.54 Å². The molecule has 2 aromatic rings. The molecule has 2 aromatic carbocycles. The molecule has 0 aromatic heterocycles. The first-order chi connectivity index (χ1) is 10.0. The van der Waals surface area contributed by atoms with Crippen molar-refractivity contribution in [2.75, 3.05) is 11.4 Å². The summed E-state index contributed by atoms with van der Waals surface area (Å²) in [5.41, 5.74) is 8.12. The number of rotatable bonds is 2. The fourth-order valence-electron chi connectivity index (χ4n) is 2.67. The lowest BCUT2D eigenvalue weighted by molar-refractivity contribution is 0.533. The molecule has 1 aliphatic rings. The van der Waals surface area contributed by atoms with Crippen molar-refractivity contribution in [3.8, 4) is 0 Å². The SMILES string of the molecule is CC1(c2ccc(Br)cc2)CN=C(N)N1c1ccc(Br)cc1. The molecular formula is C16H15Br2N3. The van der Waals surface area contributed by atoms with Crippen LogP contribution in [0.25, 0.3) is 0 Å². The Morgan fingerprint density at radius 3 is 2.10 bits per heavy atom. The van der Waals surface area contributed by atoms with Gasteiger partial charge >= 0.3 is 0 Å². The second-order valence-electron chi connectivity index (χ2n) is 5.27. The smallest absolute Gasteiger partial charge is 0.196 e. The minimum atomic E-state index is -0.265. The van der Waals surface area contributed by atoms with E-state index >= 15 is 0 Å². The van der Waals surface area contributed by atoms with Crippen LogP contribution in [-0.4, -0.2) is 12.5 Å². The number of anilines is 1. The second-order valence-corrected chi connectivity index (χ2v) is 7.10. The Labute approximate surface area is 141 Å². The van der Waals surface area contributed by atoms with Crippen LogP contribution < -0.4 is 10.6 Å². The van der Waals surface area contributed by atoms with Crippen molar-refractivity contribution in [3.05, 3.63) is 63.0 Å². The summed E-state index contributed by atoms with van der Waals surface area (Å²) in [7, 11) is 0. The van der Waals surface area contributed by atoms with Gasteiger partial charge in [0.1, 0.15) is 0 Å². The Morgan fingerprint density at radius 1 is 1.00 bits per heavy atom. The van der Waals surface area contributed by atoms with E-state index in [9.17, 15) is 0 Å². The van der Waals surface area contributed by atoms with Gasteiger partial charge in [0.05, 0.1) is 12.1 Å². The number of hydrogen-bond donors (Lipinski definition) is 1. The van der Waals surface area contributed by atoms with Crippen LogP contribution in [0.3, 0.4) is 0 Å². The van der Waals surface area contributed by atoms with Gasteiger partial charge in [-0.25, -0.2) is 0 Å². The Bertz CT molecular complexity index is 680. The number of benzene rings is 2. The predicted octanol–water partition coefficient (Wildman–Crippen LogP) is 4.26. The number of nitrogens with zero attached hydrogens (tertiary/aromatic N) is 2. The van der Waals surface area contributed by atoms with E-state index in [1.165, 1.54) is 5.56 Å². The minimum Gasteiger partial charge on any atom is -0.369 e. The molecule has 0 saturated heterocycles. The number of halogens is 2. The monoisotopic (exact) mass is 407 g/mol. The molecule has 0 spiro atoms. The lowest BCUT2D eigenvalue weighted by atomic mass is 9.90. The third kappa shape index (κ3) is 2.60. The normalized spacial score (nSPS) is 21.5. The zero-order valence-electron chi connectivity index (χ0n) is 11.6. The van der Waals surface area contributed by atoms with Crippen LogP contribution in [0.5, 0.6) is 0 Å². The summed E-state index contributed by atoms with van der Waals surface area (Å²) >= 11 is 6.94. The molecule has 1 atom stereocenters. The van der Waals surface area contributed by atoms with E-state index in [0.717, 1.165) is 14.6 Å². The van der Waals surface area contributed by atoms with E-state index in [4.69, 9.17) is 5.73 Å². The Balaban J connectivity index is 2.05. The molecular weight excluding hydrogens is 394 g/mol. The van der Waals surface area contributed by atoms with Crippen LogP contribution in [0.15, 0.2) is 62.5 Å². The fraction of sp³-hybridized carbons (Fsp3) is 0.188. The molecule has 0 aliphatic carbocycles. The molecule has 0 saturated carbocycles. The molecule has 0 fully saturated rings. The summed E-state index contributed by atoms with van der Waals surface area (Å²) in [4.78, 5) is 6.57. The number of aliphatic imine (C=N–C) groups is 1. The van der Waals surface area contributed by atoms with Crippen molar-refractivity contribution in [1.82, 2.24) is 0 Å². The molecule has 1 unspecified atom stereocenters. The van der Waals surface area contributed by atoms with Crippen LogP contribution in [0.2, 0.25) is 0 Å². The van der Waals surface area contributed by atoms with Crippen LogP contribution in [0.4, 0.5) is 5.69 Å². The van der Waals surface area contributed by atoms with Gasteiger partial charge in [0, 0.05) is 14.6 Å². The molecule has 3 nitrogen and oxygen atoms in total. The maximum absolute atomic E-state index is 6.15. The van der Waals surface area contributed by atoms with Gasteiger partial charge in [0.15, 0.2) is 5.96 Å². The molecule has 2 N–H and O–H groups in total. The summed E-state index contributed by atoms with van der Waals surface area (Å²) in [5, 5.41) is 0. The van der Waals surface area contributed by atoms with Gasteiger partial charge in [-0.05, 0) is 48.9 Å². The van der Waals surface area contributed by atoms with Crippen LogP contribution >= 0.6 is 31.9 Å². The molecule has 0 amide bonds. The summed E-state index contributed by atoms with van der Waals surface area (Å²) in [6.45, 7) is 2.82. The van der Waals surface area contributed by atoms with Gasteiger partial charge in [-0.15, -0.1) is 0 Å². The average molecular weight is 409 g/mol. The van der Waals surface area contributed by atoms with E-state index in [1.54, 1.807) is 0 Å². The summed E-state index contributed by atoms with van der Waals surface area (Å²) in [5.74, 6) is 0.558. The summed E-state index contributed by atoms with van der Waals surface area (Å²) in [6.07, 6.45) is 0. The van der Waals surface area contributed by atoms with E-state index in [2.05, 4.69) is 85.1 Å². The largest absolute Gasteiger partial charge is 0.369 e. The third-order valence-electron chi connectivity index (χ3n) is 3.82. The third-order valence-corrected chi connectivity index (χ3v) is 4.88. The number of hydrogen-bond acceptors (Lipinski definition) is 3. The van der Waals surface area contributed by atoms with Gasteiger partial charge in [-0.2, -0.15) is 0 Å². The van der Waals surface area contributed by atoms with Crippen molar-refractivity contribution < 1.29 is 0 Å².